The Balaban J connectivity index is 0.000000157. The van der Waals surface area contributed by atoms with Crippen LogP contribution < -0.4 is 43.9 Å². The van der Waals surface area contributed by atoms with Crippen molar-refractivity contribution in [2.75, 3.05) is 59.1 Å². The molecule has 1 fully saturated rings. The SMILES string of the molecule is CCCCC(CC)CNC(=O)CCc1ccccc1.CCN(Cc1nccs1)C(=O)COc1ccc(C)cc1.Cc1cc2oc(C(=O)N(Cc3cccs3)c3ccccn3)c(C)c2cc1C.Cc1ccc(OCC(=O)N(c2ccccc2)C2CCCCC2)cc1.O=C(COc1cccc(F)c1)N(Cc1cccs1)c1cccnc1.O=C(COc1cccs1)N(Cc1cccs1)c1ccccc1. The molecule has 16 rings (SSSR count). The molecule has 6 amide bonds. The quantitative estimate of drug-likeness (QED) is 0.0386. The van der Waals surface area contributed by atoms with Gasteiger partial charge in [0, 0.05) is 92.5 Å². The molecule has 0 spiro atoms. The van der Waals surface area contributed by atoms with Gasteiger partial charge in [0.25, 0.3) is 29.5 Å². The maximum atomic E-state index is 13.4. The predicted molar refractivity (Wildman–Crippen MR) is 551 cm³/mol. The predicted octanol–water partition coefficient (Wildman–Crippen LogP) is 25.5. The normalized spacial score (nSPS) is 11.6. The molecule has 1 atom stereocenters. The molecular formula is C110H120FN9O11S5. The summed E-state index contributed by atoms with van der Waals surface area (Å²) in [5.41, 5.74) is 10.1. The molecule has 0 radical (unpaired) electrons. The third kappa shape index (κ3) is 34.0. The maximum absolute atomic E-state index is 13.4. The number of fused-ring (bicyclic) bond motifs is 1. The van der Waals surface area contributed by atoms with Crippen molar-refractivity contribution in [2.45, 2.75) is 158 Å². The van der Waals surface area contributed by atoms with Crippen molar-refractivity contribution in [2.24, 2.45) is 5.92 Å². The highest BCUT2D eigenvalue weighted by Crippen LogP contribution is 2.33. The van der Waals surface area contributed by atoms with Crippen molar-refractivity contribution in [1.29, 1.82) is 0 Å². The lowest BCUT2D eigenvalue weighted by molar-refractivity contribution is -0.133. The topological polar surface area (TPSA) is 219 Å². The molecule has 708 valence electrons. The number of benzene rings is 7. The van der Waals surface area contributed by atoms with Crippen LogP contribution in [0.5, 0.6) is 22.3 Å². The Hall–Kier alpha value is -13.2. The molecule has 20 nitrogen and oxygen atoms in total. The van der Waals surface area contributed by atoms with E-state index in [1.165, 1.54) is 84.2 Å². The number of carbonyl (C=O) groups is 6. The zero-order chi connectivity index (χ0) is 96.0. The second-order valence-corrected chi connectivity index (χ2v) is 37.4. The largest absolute Gasteiger partial charge is 0.484 e. The third-order valence-corrected chi connectivity index (χ3v) is 26.5. The molecule has 8 aromatic heterocycles. The number of carbonyl (C=O) groups excluding carboxylic acids is 6. The summed E-state index contributed by atoms with van der Waals surface area (Å²) in [7, 11) is 0. The average Bonchev–Trinajstić information content (AvgIpc) is 1.63. The Labute approximate surface area is 818 Å². The third-order valence-electron chi connectivity index (χ3n) is 22.4. The van der Waals surface area contributed by atoms with E-state index in [0.717, 1.165) is 96.2 Å². The minimum atomic E-state index is -0.400. The van der Waals surface area contributed by atoms with Crippen LogP contribution in [0.15, 0.2) is 311 Å². The number of halogens is 1. The number of hydrogen-bond acceptors (Lipinski definition) is 19. The number of nitrogens with one attached hydrogen (secondary N) is 1. The molecular weight excluding hydrogens is 1800 g/mol. The molecule has 1 unspecified atom stereocenters. The van der Waals surface area contributed by atoms with Crippen LogP contribution >= 0.6 is 56.7 Å². The number of thiazole rings is 1. The number of aromatic nitrogens is 3. The van der Waals surface area contributed by atoms with Gasteiger partial charge in [-0.15, -0.1) is 56.7 Å². The fourth-order valence-corrected chi connectivity index (χ4v) is 17.9. The zero-order valence-electron chi connectivity index (χ0n) is 78.4. The number of nitrogens with zero attached hydrogens (tertiary/aromatic N) is 8. The minimum absolute atomic E-state index is 0.0247. The van der Waals surface area contributed by atoms with Gasteiger partial charge >= 0.3 is 0 Å². The second-order valence-electron chi connectivity index (χ2n) is 32.4. The van der Waals surface area contributed by atoms with Gasteiger partial charge in [-0.1, -0.05) is 185 Å². The monoisotopic (exact) mass is 1920 g/mol. The van der Waals surface area contributed by atoms with E-state index >= 15 is 0 Å². The first-order chi connectivity index (χ1) is 66.3. The number of rotatable bonds is 36. The van der Waals surface area contributed by atoms with Gasteiger partial charge in [-0.05, 0) is 239 Å². The highest BCUT2D eigenvalue weighted by Gasteiger charge is 2.30. The number of unbranched alkanes of at least 4 members (excludes halogenated alkanes) is 1. The molecule has 1 N–H and O–H groups in total. The zero-order valence-corrected chi connectivity index (χ0v) is 82.5. The highest BCUT2D eigenvalue weighted by molar-refractivity contribution is 7.12. The van der Waals surface area contributed by atoms with E-state index in [2.05, 4.69) is 59.2 Å². The molecule has 1 aliphatic rings. The molecule has 8 heterocycles. The Morgan fingerprint density at radius 2 is 1.04 bits per heavy atom. The number of amides is 6. The summed E-state index contributed by atoms with van der Waals surface area (Å²) in [6.45, 7) is 20.0. The number of pyridine rings is 2. The van der Waals surface area contributed by atoms with E-state index in [-0.39, 0.29) is 67.9 Å². The van der Waals surface area contributed by atoms with Gasteiger partial charge in [0.1, 0.15) is 39.5 Å². The van der Waals surface area contributed by atoms with Crippen LogP contribution in [0.25, 0.3) is 11.0 Å². The van der Waals surface area contributed by atoms with E-state index in [1.54, 1.807) is 108 Å². The lowest BCUT2D eigenvalue weighted by Crippen LogP contribution is -2.44. The van der Waals surface area contributed by atoms with Gasteiger partial charge in [0.15, 0.2) is 37.3 Å². The molecule has 0 bridgehead atoms. The first kappa shape index (κ1) is 103. The van der Waals surface area contributed by atoms with Gasteiger partial charge in [0.05, 0.1) is 38.1 Å². The summed E-state index contributed by atoms with van der Waals surface area (Å²) in [6.07, 6.45) is 18.8. The van der Waals surface area contributed by atoms with Gasteiger partial charge in [-0.2, -0.15) is 0 Å². The maximum Gasteiger partial charge on any atom is 0.295 e. The Morgan fingerprint density at radius 1 is 0.485 bits per heavy atom. The number of aryl methyl sites for hydroxylation is 6. The standard InChI is InChI=1S/C22H20N2O2S.C21H25NO2.C18H15FN2O2S.C17H15NO2S2.C17H27NO.C15H18N2O2S/c1-14-11-18-16(3)21(26-19(18)12-15(14)2)22(25)24(13-17-7-6-10-27-17)20-8-4-5-9-23-20;1-17-12-14-20(15-13-17)24-16-21(23)22(18-8-4-2-5-9-18)19-10-6-3-7-11-19;19-14-4-1-6-16(10-14)23-13-18(22)21(12-17-7-3-9-24-17)15-5-2-8-20-11-15;19-16(13-20-17-9-5-11-22-17)18(12-15-8-4-10-21-15)14-6-2-1-3-7-14;1-3-5-9-15(4-2)14-18-17(19)13-12-16-10-7-6-8-11-16;1-3-17(10-14-16-8-9-20-14)15(18)11-19-13-6-4-12(2)5-7-13/h4-12H,13H2,1-3H3;2,4-5,8-9,12-15,19H,3,6-7,10-11,16H2,1H3;1-11H,12-13H2;1-11H,12-13H2;6-8,10-11,15H,3-5,9,12-14H2,1-2H3,(H,18,19);4-9H,3,10-11H2,1-2H3. The highest BCUT2D eigenvalue weighted by atomic mass is 32.1. The molecule has 15 aromatic rings. The number of anilines is 4. The van der Waals surface area contributed by atoms with Crippen LogP contribution in [0.1, 0.15) is 149 Å². The summed E-state index contributed by atoms with van der Waals surface area (Å²) in [6, 6.07) is 80.3. The van der Waals surface area contributed by atoms with E-state index in [0.29, 0.717) is 73.8 Å². The second kappa shape index (κ2) is 56.2. The molecule has 1 aliphatic carbocycles. The fraction of sp³-hybridized carbons (Fsp3) is 0.282. The van der Waals surface area contributed by atoms with Crippen LogP contribution in [0.2, 0.25) is 0 Å². The summed E-state index contributed by atoms with van der Waals surface area (Å²) in [5, 5.41) is 15.6. The van der Waals surface area contributed by atoms with Crippen molar-refractivity contribution >= 4 is 126 Å². The lowest BCUT2D eigenvalue weighted by atomic mass is 9.93. The Morgan fingerprint density at radius 3 is 1.60 bits per heavy atom. The van der Waals surface area contributed by atoms with Crippen LogP contribution in [-0.2, 0) is 56.6 Å². The van der Waals surface area contributed by atoms with Crippen LogP contribution in [0.4, 0.5) is 27.3 Å². The molecule has 1 saturated carbocycles. The molecule has 0 aliphatic heterocycles. The Bertz CT molecular complexity index is 5980. The number of hydrogen-bond donors (Lipinski definition) is 1. The van der Waals surface area contributed by atoms with Crippen molar-refractivity contribution in [3.63, 3.8) is 0 Å². The number of likely N-dealkylation sites (N-methyl/N-ethyl adjacent to an activating group) is 1. The van der Waals surface area contributed by atoms with Crippen LogP contribution in [0.3, 0.4) is 0 Å². The lowest BCUT2D eigenvalue weighted by Gasteiger charge is -2.34. The first-order valence-electron chi connectivity index (χ1n) is 45.9. The van der Waals surface area contributed by atoms with E-state index in [9.17, 15) is 33.2 Å². The number of thiophene rings is 4. The van der Waals surface area contributed by atoms with Crippen molar-refractivity contribution in [3.05, 3.63) is 371 Å². The first-order valence-corrected chi connectivity index (χ1v) is 50.3. The van der Waals surface area contributed by atoms with Gasteiger partial charge < -0.3 is 48.3 Å². The summed E-state index contributed by atoms with van der Waals surface area (Å²) in [5.74, 6) is 2.75. The van der Waals surface area contributed by atoms with Crippen LogP contribution in [0, 0.1) is 46.4 Å². The van der Waals surface area contributed by atoms with Crippen molar-refractivity contribution in [1.82, 2.24) is 25.2 Å². The molecule has 136 heavy (non-hydrogen) atoms. The van der Waals surface area contributed by atoms with Crippen molar-refractivity contribution < 1.29 is 56.5 Å². The van der Waals surface area contributed by atoms with Gasteiger partial charge in [-0.3, -0.25) is 38.7 Å². The smallest absolute Gasteiger partial charge is 0.295 e. The van der Waals surface area contributed by atoms with Crippen LogP contribution in [-0.4, -0.2) is 101 Å². The Kier molecular flexibility index (Phi) is 42.7. The fourth-order valence-electron chi connectivity index (χ4n) is 14.6. The summed E-state index contributed by atoms with van der Waals surface area (Å²) in [4.78, 5) is 100. The van der Waals surface area contributed by atoms with Gasteiger partial charge in [-0.25, -0.2) is 14.4 Å². The molecule has 26 heteroatoms. The number of furan rings is 1. The number of para-hydroxylation sites is 2. The summed E-state index contributed by atoms with van der Waals surface area (Å²) < 4.78 is 41.4. The molecule has 0 saturated heterocycles. The number of ether oxygens (including phenoxy) is 4. The van der Waals surface area contributed by atoms with E-state index in [1.807, 2.05) is 273 Å². The minimum Gasteiger partial charge on any atom is -0.484 e. The van der Waals surface area contributed by atoms with E-state index < -0.39 is 5.82 Å². The van der Waals surface area contributed by atoms with Crippen molar-refractivity contribution in [3.8, 4) is 22.3 Å². The average molecular weight is 1920 g/mol. The molecule has 7 aromatic carbocycles. The van der Waals surface area contributed by atoms with E-state index in [4.69, 9.17) is 23.4 Å². The summed E-state index contributed by atoms with van der Waals surface area (Å²) >= 11 is 7.88. The van der Waals surface area contributed by atoms with Gasteiger partial charge in [0.2, 0.25) is 5.91 Å².